The Morgan fingerprint density at radius 3 is 2.73 bits per heavy atom. The van der Waals surface area contributed by atoms with Crippen molar-refractivity contribution in [1.29, 1.82) is 0 Å². The van der Waals surface area contributed by atoms with Crippen LogP contribution in [0.15, 0.2) is 11.6 Å². The molecule has 1 saturated heterocycles. The third-order valence-electron chi connectivity index (χ3n) is 3.26. The number of hydrogen-bond acceptors (Lipinski definition) is 4. The van der Waals surface area contributed by atoms with Gasteiger partial charge in [0.1, 0.15) is 6.10 Å². The Balaban J connectivity index is 2.18. The molecular formula is C11H16O4. The average molecular weight is 212 g/mol. The Hall–Kier alpha value is -0.870. The van der Waals surface area contributed by atoms with Crippen LogP contribution in [0.4, 0.5) is 0 Å². The van der Waals surface area contributed by atoms with Crippen LogP contribution >= 0.6 is 0 Å². The molecule has 0 radical (unpaired) electrons. The topological polar surface area (TPSA) is 44.8 Å². The number of carbonyl (C=O) groups is 1. The summed E-state index contributed by atoms with van der Waals surface area (Å²) in [4.78, 5) is 11.2. The number of methoxy groups -OCH3 is 2. The highest BCUT2D eigenvalue weighted by Gasteiger charge is 2.47. The van der Waals surface area contributed by atoms with Crippen molar-refractivity contribution in [2.75, 3.05) is 14.2 Å². The van der Waals surface area contributed by atoms with Crippen molar-refractivity contribution in [3.8, 4) is 0 Å². The lowest BCUT2D eigenvalue weighted by Gasteiger charge is -2.26. The Labute approximate surface area is 89.2 Å². The number of fused-ring (bicyclic) bond motifs is 1. The van der Waals surface area contributed by atoms with E-state index in [1.165, 1.54) is 5.57 Å². The number of hydrogen-bond donors (Lipinski definition) is 0. The molecule has 0 aromatic rings. The predicted octanol–water partition coefficient (Wildman–Crippen LogP) is 1.11. The second-order valence-corrected chi connectivity index (χ2v) is 4.10. The highest BCUT2D eigenvalue weighted by atomic mass is 16.7. The highest BCUT2D eigenvalue weighted by molar-refractivity contribution is 5.73. The first-order valence-corrected chi connectivity index (χ1v) is 5.10. The summed E-state index contributed by atoms with van der Waals surface area (Å²) in [6.07, 6.45) is 2.11. The first-order valence-electron chi connectivity index (χ1n) is 5.10. The molecule has 15 heavy (non-hydrogen) atoms. The van der Waals surface area contributed by atoms with Crippen LogP contribution in [0.2, 0.25) is 0 Å². The zero-order valence-electron chi connectivity index (χ0n) is 9.23. The summed E-state index contributed by atoms with van der Waals surface area (Å²) in [5, 5.41) is 0. The first-order chi connectivity index (χ1) is 7.17. The number of rotatable bonds is 3. The van der Waals surface area contributed by atoms with E-state index in [4.69, 9.17) is 14.2 Å². The molecule has 1 heterocycles. The zero-order chi connectivity index (χ0) is 11.0. The summed E-state index contributed by atoms with van der Waals surface area (Å²) in [5.41, 5.74) is 1.19. The van der Waals surface area contributed by atoms with E-state index in [-0.39, 0.29) is 30.2 Å². The molecule has 0 N–H and O–H groups in total. The largest absolute Gasteiger partial charge is 0.458 e. The molecule has 1 fully saturated rings. The normalized spacial score (nSPS) is 34.3. The molecule has 0 unspecified atom stereocenters. The smallest absolute Gasteiger partial charge is 0.306 e. The molecule has 2 aliphatic rings. The van der Waals surface area contributed by atoms with E-state index in [2.05, 4.69) is 0 Å². The van der Waals surface area contributed by atoms with Gasteiger partial charge in [0.15, 0.2) is 6.29 Å². The molecule has 0 amide bonds. The third-order valence-corrected chi connectivity index (χ3v) is 3.26. The van der Waals surface area contributed by atoms with Crippen molar-refractivity contribution >= 4 is 5.97 Å². The van der Waals surface area contributed by atoms with E-state index >= 15 is 0 Å². The first kappa shape index (κ1) is 10.6. The molecule has 0 saturated carbocycles. The van der Waals surface area contributed by atoms with Crippen molar-refractivity contribution in [3.05, 3.63) is 11.6 Å². The maximum Gasteiger partial charge on any atom is 0.306 e. The van der Waals surface area contributed by atoms with Crippen molar-refractivity contribution in [2.24, 2.45) is 11.8 Å². The number of carbonyl (C=O) groups excluding carboxylic acids is 1. The van der Waals surface area contributed by atoms with Crippen LogP contribution in [-0.4, -0.2) is 32.6 Å². The van der Waals surface area contributed by atoms with Crippen LogP contribution < -0.4 is 0 Å². The summed E-state index contributed by atoms with van der Waals surface area (Å²) >= 11 is 0. The van der Waals surface area contributed by atoms with E-state index in [0.717, 1.165) is 0 Å². The van der Waals surface area contributed by atoms with Gasteiger partial charge in [0.25, 0.3) is 0 Å². The number of esters is 1. The van der Waals surface area contributed by atoms with Gasteiger partial charge in [-0.25, -0.2) is 0 Å². The van der Waals surface area contributed by atoms with Gasteiger partial charge in [0.2, 0.25) is 0 Å². The van der Waals surface area contributed by atoms with Gasteiger partial charge in [-0.3, -0.25) is 4.79 Å². The standard InChI is InChI=1S/C11H16O4/c1-6-4-8-7(5-9(12)15-8)10(6)11(13-2)14-3/h4,7-8,10-11H,5H2,1-3H3/t7-,8-,10+/m1/s1. The van der Waals surface area contributed by atoms with Gasteiger partial charge in [0.05, 0.1) is 6.42 Å². The molecule has 84 valence electrons. The second kappa shape index (κ2) is 3.94. The van der Waals surface area contributed by atoms with Crippen LogP contribution in [-0.2, 0) is 19.0 Å². The summed E-state index contributed by atoms with van der Waals surface area (Å²) < 4.78 is 15.7. The fraction of sp³-hybridized carbons (Fsp3) is 0.727. The van der Waals surface area contributed by atoms with Gasteiger partial charge in [-0.15, -0.1) is 0 Å². The molecule has 4 heteroatoms. The quantitative estimate of drug-likeness (QED) is 0.399. The van der Waals surface area contributed by atoms with E-state index in [1.807, 2.05) is 13.0 Å². The molecule has 0 aromatic carbocycles. The van der Waals surface area contributed by atoms with Crippen LogP contribution in [0.5, 0.6) is 0 Å². The lowest BCUT2D eigenvalue weighted by atomic mass is 9.88. The van der Waals surface area contributed by atoms with Gasteiger partial charge in [-0.2, -0.15) is 0 Å². The summed E-state index contributed by atoms with van der Waals surface area (Å²) in [6.45, 7) is 2.03. The van der Waals surface area contributed by atoms with E-state index in [9.17, 15) is 4.79 Å². The summed E-state index contributed by atoms with van der Waals surface area (Å²) in [5.74, 6) is 0.198. The predicted molar refractivity (Wildman–Crippen MR) is 53.0 cm³/mol. The molecule has 1 aliphatic carbocycles. The molecule has 3 atom stereocenters. The zero-order valence-corrected chi connectivity index (χ0v) is 9.23. The van der Waals surface area contributed by atoms with Gasteiger partial charge in [-0.1, -0.05) is 5.57 Å². The molecular weight excluding hydrogens is 196 g/mol. The van der Waals surface area contributed by atoms with Crippen molar-refractivity contribution < 1.29 is 19.0 Å². The lowest BCUT2D eigenvalue weighted by molar-refractivity contribution is -0.141. The maximum atomic E-state index is 11.2. The second-order valence-electron chi connectivity index (χ2n) is 4.10. The van der Waals surface area contributed by atoms with Crippen molar-refractivity contribution in [1.82, 2.24) is 0 Å². The van der Waals surface area contributed by atoms with Crippen LogP contribution in [0, 0.1) is 11.8 Å². The van der Waals surface area contributed by atoms with Gasteiger partial charge in [-0.05, 0) is 13.0 Å². The Morgan fingerprint density at radius 2 is 2.13 bits per heavy atom. The fourth-order valence-electron chi connectivity index (χ4n) is 2.60. The molecule has 0 spiro atoms. The summed E-state index contributed by atoms with van der Waals surface area (Å²) in [6, 6.07) is 0. The van der Waals surface area contributed by atoms with Crippen LogP contribution in [0.3, 0.4) is 0 Å². The maximum absolute atomic E-state index is 11.2. The monoisotopic (exact) mass is 212 g/mol. The Kier molecular flexibility index (Phi) is 2.80. The van der Waals surface area contributed by atoms with Crippen LogP contribution in [0.25, 0.3) is 0 Å². The molecule has 1 aliphatic heterocycles. The highest BCUT2D eigenvalue weighted by Crippen LogP contribution is 2.42. The van der Waals surface area contributed by atoms with Gasteiger partial charge in [0, 0.05) is 26.1 Å². The van der Waals surface area contributed by atoms with Crippen molar-refractivity contribution in [3.63, 3.8) is 0 Å². The average Bonchev–Trinajstić information content (AvgIpc) is 2.66. The minimum absolute atomic E-state index is 0.0738. The van der Waals surface area contributed by atoms with Gasteiger partial charge >= 0.3 is 5.97 Å². The molecule has 0 bridgehead atoms. The molecule has 2 rings (SSSR count). The van der Waals surface area contributed by atoms with E-state index in [1.54, 1.807) is 14.2 Å². The third kappa shape index (κ3) is 1.68. The SMILES string of the molecule is COC(OC)[C@H]1C(C)=C[C@H]2OC(=O)C[C@@H]12. The number of ether oxygens (including phenoxy) is 3. The molecule has 4 nitrogen and oxygen atoms in total. The minimum atomic E-state index is -0.286. The van der Waals surface area contributed by atoms with Crippen molar-refractivity contribution in [2.45, 2.75) is 25.7 Å². The fourth-order valence-corrected chi connectivity index (χ4v) is 2.60. The minimum Gasteiger partial charge on any atom is -0.458 e. The van der Waals surface area contributed by atoms with Gasteiger partial charge < -0.3 is 14.2 Å². The van der Waals surface area contributed by atoms with E-state index < -0.39 is 0 Å². The Morgan fingerprint density at radius 1 is 1.47 bits per heavy atom. The van der Waals surface area contributed by atoms with Crippen LogP contribution in [0.1, 0.15) is 13.3 Å². The lowest BCUT2D eigenvalue weighted by Crippen LogP contribution is -2.31. The van der Waals surface area contributed by atoms with E-state index in [0.29, 0.717) is 6.42 Å². The molecule has 0 aromatic heterocycles. The summed E-state index contributed by atoms with van der Waals surface area (Å²) in [7, 11) is 3.23. The Bertz CT molecular complexity index is 293.